The molecule has 0 atom stereocenters. The molecule has 0 spiro atoms. The number of halogens is 1. The van der Waals surface area contributed by atoms with Crippen molar-refractivity contribution in [3.8, 4) is 0 Å². The molecule has 0 saturated heterocycles. The van der Waals surface area contributed by atoms with Crippen LogP contribution in [0.15, 0.2) is 30.3 Å². The third kappa shape index (κ3) is 3.41. The Morgan fingerprint density at radius 2 is 2.00 bits per heavy atom. The lowest BCUT2D eigenvalue weighted by molar-refractivity contribution is 0.0950. The number of nitrogens with one attached hydrogen (secondary N) is 1. The summed E-state index contributed by atoms with van der Waals surface area (Å²) in [6, 6.07) is 8.31. The Morgan fingerprint density at radius 1 is 1.26 bits per heavy atom. The molecule has 0 bridgehead atoms. The van der Waals surface area contributed by atoms with Crippen molar-refractivity contribution >= 4 is 17.2 Å². The van der Waals surface area contributed by atoms with Crippen molar-refractivity contribution in [1.29, 1.82) is 0 Å². The Morgan fingerprint density at radius 3 is 2.63 bits per heavy atom. The summed E-state index contributed by atoms with van der Waals surface area (Å²) in [5, 5.41) is 2.86. The van der Waals surface area contributed by atoms with Crippen molar-refractivity contribution in [1.82, 2.24) is 5.32 Å². The fraction of sp³-hybridized carbons (Fsp3) is 0.267. The van der Waals surface area contributed by atoms with E-state index in [4.69, 9.17) is 0 Å². The third-order valence-corrected chi connectivity index (χ3v) is 4.15. The number of amides is 1. The van der Waals surface area contributed by atoms with Crippen LogP contribution in [0, 0.1) is 12.7 Å². The molecule has 0 aliphatic carbocycles. The van der Waals surface area contributed by atoms with Crippen molar-refractivity contribution < 1.29 is 9.18 Å². The summed E-state index contributed by atoms with van der Waals surface area (Å²) in [7, 11) is 0. The molecule has 2 rings (SSSR count). The van der Waals surface area contributed by atoms with Crippen molar-refractivity contribution in [3.63, 3.8) is 0 Å². The Balaban J connectivity index is 2.01. The van der Waals surface area contributed by atoms with Crippen LogP contribution in [0.5, 0.6) is 0 Å². The van der Waals surface area contributed by atoms with Gasteiger partial charge in [0, 0.05) is 15.3 Å². The van der Waals surface area contributed by atoms with Gasteiger partial charge in [0.05, 0.1) is 6.54 Å². The first-order valence-electron chi connectivity index (χ1n) is 6.22. The zero-order valence-corrected chi connectivity index (χ0v) is 11.8. The van der Waals surface area contributed by atoms with Gasteiger partial charge in [-0.1, -0.05) is 6.92 Å². The SMILES string of the molecule is CCc1ccc(CNC(=O)c2ccc(F)cc2C)s1. The minimum atomic E-state index is -0.320. The van der Waals surface area contributed by atoms with Gasteiger partial charge in [-0.25, -0.2) is 4.39 Å². The van der Waals surface area contributed by atoms with Crippen LogP contribution in [0.2, 0.25) is 0 Å². The van der Waals surface area contributed by atoms with Gasteiger partial charge in [0.1, 0.15) is 5.82 Å². The Hall–Kier alpha value is -1.68. The Bertz CT molecular complexity index is 592. The van der Waals surface area contributed by atoms with E-state index in [2.05, 4.69) is 18.3 Å². The van der Waals surface area contributed by atoms with Crippen LogP contribution in [0.1, 0.15) is 32.6 Å². The van der Waals surface area contributed by atoms with Crippen LogP contribution in [0.3, 0.4) is 0 Å². The van der Waals surface area contributed by atoms with E-state index < -0.39 is 0 Å². The highest BCUT2D eigenvalue weighted by atomic mass is 32.1. The van der Waals surface area contributed by atoms with Gasteiger partial charge in [0.25, 0.3) is 5.91 Å². The van der Waals surface area contributed by atoms with E-state index in [1.54, 1.807) is 18.3 Å². The molecule has 0 aliphatic rings. The van der Waals surface area contributed by atoms with E-state index in [0.717, 1.165) is 11.3 Å². The summed E-state index contributed by atoms with van der Waals surface area (Å²) >= 11 is 1.70. The topological polar surface area (TPSA) is 29.1 Å². The second kappa shape index (κ2) is 5.97. The highest BCUT2D eigenvalue weighted by Crippen LogP contribution is 2.17. The highest BCUT2D eigenvalue weighted by Gasteiger charge is 2.09. The Labute approximate surface area is 116 Å². The van der Waals surface area contributed by atoms with Gasteiger partial charge in [0.2, 0.25) is 0 Å². The highest BCUT2D eigenvalue weighted by molar-refractivity contribution is 7.11. The van der Waals surface area contributed by atoms with Crippen LogP contribution in [-0.4, -0.2) is 5.91 Å². The normalized spacial score (nSPS) is 10.5. The summed E-state index contributed by atoms with van der Waals surface area (Å²) in [6.07, 6.45) is 1.01. The number of rotatable bonds is 4. The second-order valence-electron chi connectivity index (χ2n) is 4.36. The monoisotopic (exact) mass is 277 g/mol. The van der Waals surface area contributed by atoms with E-state index in [9.17, 15) is 9.18 Å². The van der Waals surface area contributed by atoms with Crippen molar-refractivity contribution in [2.24, 2.45) is 0 Å². The van der Waals surface area contributed by atoms with Crippen molar-refractivity contribution in [2.45, 2.75) is 26.8 Å². The summed E-state index contributed by atoms with van der Waals surface area (Å²) in [5.74, 6) is -0.483. The fourth-order valence-corrected chi connectivity index (χ4v) is 2.75. The number of aryl methyl sites for hydroxylation is 2. The van der Waals surface area contributed by atoms with Gasteiger partial charge in [-0.05, 0) is 49.2 Å². The molecule has 1 aromatic heterocycles. The first kappa shape index (κ1) is 13.7. The molecule has 100 valence electrons. The summed E-state index contributed by atoms with van der Waals surface area (Å²) < 4.78 is 13.0. The standard InChI is InChI=1S/C15H16FNOS/c1-3-12-5-6-13(19-12)9-17-15(18)14-7-4-11(16)8-10(14)2/h4-8H,3,9H2,1-2H3,(H,17,18). The molecule has 1 heterocycles. The molecule has 1 aromatic carbocycles. The number of thiophene rings is 1. The molecule has 4 heteroatoms. The zero-order chi connectivity index (χ0) is 13.8. The molecule has 1 amide bonds. The van der Waals surface area contributed by atoms with Gasteiger partial charge in [-0.2, -0.15) is 0 Å². The molecular formula is C15H16FNOS. The van der Waals surface area contributed by atoms with Crippen LogP contribution >= 0.6 is 11.3 Å². The van der Waals surface area contributed by atoms with Crippen molar-refractivity contribution in [3.05, 3.63) is 57.0 Å². The summed E-state index contributed by atoms with van der Waals surface area (Å²) in [5.41, 5.74) is 1.17. The lowest BCUT2D eigenvalue weighted by Gasteiger charge is -2.06. The fourth-order valence-electron chi connectivity index (χ4n) is 1.85. The number of benzene rings is 1. The quantitative estimate of drug-likeness (QED) is 0.907. The molecule has 19 heavy (non-hydrogen) atoms. The van der Waals surface area contributed by atoms with E-state index in [1.807, 2.05) is 6.07 Å². The lowest BCUT2D eigenvalue weighted by Crippen LogP contribution is -2.23. The third-order valence-electron chi connectivity index (χ3n) is 2.92. The molecule has 0 fully saturated rings. The van der Waals surface area contributed by atoms with Gasteiger partial charge in [0.15, 0.2) is 0 Å². The minimum absolute atomic E-state index is 0.163. The molecule has 2 nitrogen and oxygen atoms in total. The number of hydrogen-bond acceptors (Lipinski definition) is 2. The smallest absolute Gasteiger partial charge is 0.251 e. The molecule has 1 N–H and O–H groups in total. The van der Waals surface area contributed by atoms with Crippen molar-refractivity contribution in [2.75, 3.05) is 0 Å². The average molecular weight is 277 g/mol. The summed E-state index contributed by atoms with van der Waals surface area (Å²) in [4.78, 5) is 14.4. The van der Waals surface area contributed by atoms with Crippen LogP contribution in [-0.2, 0) is 13.0 Å². The largest absolute Gasteiger partial charge is 0.347 e. The predicted octanol–water partition coefficient (Wildman–Crippen LogP) is 3.69. The molecule has 2 aromatic rings. The second-order valence-corrected chi connectivity index (χ2v) is 5.62. The molecular weight excluding hydrogens is 261 g/mol. The number of carbonyl (C=O) groups is 1. The van der Waals surface area contributed by atoms with Gasteiger partial charge >= 0.3 is 0 Å². The maximum Gasteiger partial charge on any atom is 0.251 e. The first-order valence-corrected chi connectivity index (χ1v) is 7.03. The van der Waals surface area contributed by atoms with Gasteiger partial charge < -0.3 is 5.32 Å². The predicted molar refractivity (Wildman–Crippen MR) is 76.0 cm³/mol. The minimum Gasteiger partial charge on any atom is -0.347 e. The Kier molecular flexibility index (Phi) is 4.32. The van der Waals surface area contributed by atoms with E-state index in [0.29, 0.717) is 17.7 Å². The maximum atomic E-state index is 13.0. The maximum absolute atomic E-state index is 13.0. The first-order chi connectivity index (χ1) is 9.10. The lowest BCUT2D eigenvalue weighted by atomic mass is 10.1. The van der Waals surface area contributed by atoms with E-state index in [-0.39, 0.29) is 11.7 Å². The van der Waals surface area contributed by atoms with Crippen LogP contribution in [0.4, 0.5) is 4.39 Å². The van der Waals surface area contributed by atoms with E-state index >= 15 is 0 Å². The zero-order valence-electron chi connectivity index (χ0n) is 11.0. The van der Waals surface area contributed by atoms with E-state index in [1.165, 1.54) is 23.1 Å². The molecule has 0 saturated carbocycles. The molecule has 0 aliphatic heterocycles. The number of hydrogen-bond donors (Lipinski definition) is 1. The molecule has 0 radical (unpaired) electrons. The van der Waals surface area contributed by atoms with Crippen LogP contribution < -0.4 is 5.32 Å². The average Bonchev–Trinajstić information content (AvgIpc) is 2.84. The summed E-state index contributed by atoms with van der Waals surface area (Å²) in [6.45, 7) is 4.36. The number of carbonyl (C=O) groups excluding carboxylic acids is 1. The van der Waals surface area contributed by atoms with Gasteiger partial charge in [-0.15, -0.1) is 11.3 Å². The van der Waals surface area contributed by atoms with Gasteiger partial charge in [-0.3, -0.25) is 4.79 Å². The van der Waals surface area contributed by atoms with Crippen LogP contribution in [0.25, 0.3) is 0 Å². The molecule has 0 unspecified atom stereocenters.